The van der Waals surface area contributed by atoms with Gasteiger partial charge in [-0.05, 0) is 102 Å². The highest BCUT2D eigenvalue weighted by Gasteiger charge is 2.39. The van der Waals surface area contributed by atoms with Gasteiger partial charge in [0.25, 0.3) is 5.91 Å². The molecule has 8 heteroatoms. The number of amides is 1. The van der Waals surface area contributed by atoms with Crippen molar-refractivity contribution in [2.24, 2.45) is 4.99 Å². The quantitative estimate of drug-likeness (QED) is 0.220. The number of ether oxygens (including phenoxy) is 2. The Kier molecular flexibility index (Phi) is 9.59. The van der Waals surface area contributed by atoms with Crippen LogP contribution in [0.5, 0.6) is 11.5 Å². The van der Waals surface area contributed by atoms with Gasteiger partial charge >= 0.3 is 0 Å². The van der Waals surface area contributed by atoms with Crippen molar-refractivity contribution in [3.05, 3.63) is 61.0 Å². The number of amidine groups is 1. The van der Waals surface area contributed by atoms with Crippen LogP contribution >= 0.6 is 46.0 Å². The molecular formula is C30H34ClIN2O3S. The number of thioether (sulfide) groups is 1. The van der Waals surface area contributed by atoms with Crippen LogP contribution in [-0.4, -0.2) is 35.2 Å². The topological polar surface area (TPSA) is 51.1 Å². The molecule has 5 nitrogen and oxygen atoms in total. The van der Waals surface area contributed by atoms with Gasteiger partial charge < -0.3 is 9.47 Å². The summed E-state index contributed by atoms with van der Waals surface area (Å²) in [4.78, 5) is 21.6. The molecule has 0 atom stereocenters. The number of hydrogen-bond acceptors (Lipinski definition) is 5. The summed E-state index contributed by atoms with van der Waals surface area (Å²) in [5, 5.41) is 1.61. The number of benzene rings is 2. The first-order valence-corrected chi connectivity index (χ1v) is 15.8. The zero-order valence-corrected chi connectivity index (χ0v) is 25.5. The fraction of sp³-hybridized carbons (Fsp3) is 0.467. The predicted octanol–water partition coefficient (Wildman–Crippen LogP) is 8.47. The molecule has 0 aromatic heterocycles. The number of methoxy groups -OCH3 is 1. The van der Waals surface area contributed by atoms with Crippen LogP contribution < -0.4 is 9.47 Å². The zero-order valence-electron chi connectivity index (χ0n) is 21.8. The number of rotatable bonds is 7. The summed E-state index contributed by atoms with van der Waals surface area (Å²) in [5.41, 5.74) is 1.95. The molecule has 1 heterocycles. The van der Waals surface area contributed by atoms with Crippen molar-refractivity contribution in [3.63, 3.8) is 0 Å². The molecule has 0 unspecified atom stereocenters. The van der Waals surface area contributed by atoms with Crippen molar-refractivity contribution in [1.82, 2.24) is 4.90 Å². The molecule has 1 amide bonds. The van der Waals surface area contributed by atoms with Gasteiger partial charge in [0.1, 0.15) is 6.61 Å². The summed E-state index contributed by atoms with van der Waals surface area (Å²) in [5.74, 6) is 1.43. The number of carbonyl (C=O) groups is 1. The van der Waals surface area contributed by atoms with Crippen molar-refractivity contribution >= 4 is 63.1 Å². The lowest BCUT2D eigenvalue weighted by atomic mass is 9.94. The number of carbonyl (C=O) groups excluding carboxylic acids is 1. The maximum Gasteiger partial charge on any atom is 0.266 e. The second kappa shape index (κ2) is 13.1. The molecule has 1 saturated heterocycles. The van der Waals surface area contributed by atoms with Crippen LogP contribution in [0.1, 0.15) is 75.3 Å². The van der Waals surface area contributed by atoms with E-state index in [1.807, 2.05) is 47.4 Å². The van der Waals surface area contributed by atoms with Crippen molar-refractivity contribution in [2.45, 2.75) is 82.9 Å². The fourth-order valence-electron chi connectivity index (χ4n) is 5.45. The van der Waals surface area contributed by atoms with Crippen LogP contribution in [0.15, 0.2) is 46.3 Å². The molecule has 0 N–H and O–H groups in total. The molecule has 3 aliphatic rings. The molecule has 0 spiro atoms. The summed E-state index contributed by atoms with van der Waals surface area (Å²) in [6.45, 7) is 0.412. The highest BCUT2D eigenvalue weighted by molar-refractivity contribution is 14.1. The van der Waals surface area contributed by atoms with Crippen LogP contribution in [0, 0.1) is 3.57 Å². The van der Waals surface area contributed by atoms with Gasteiger partial charge in [-0.1, -0.05) is 62.3 Å². The Morgan fingerprint density at radius 2 is 1.74 bits per heavy atom. The molecule has 2 aromatic rings. The van der Waals surface area contributed by atoms with Crippen molar-refractivity contribution in [2.75, 3.05) is 7.11 Å². The lowest BCUT2D eigenvalue weighted by Crippen LogP contribution is -2.41. The highest BCUT2D eigenvalue weighted by Crippen LogP contribution is 2.40. The molecule has 2 aromatic carbocycles. The SMILES string of the molecule is COc1cc(C=C2SC(=NC3CCCCC3)N(C3CCCCC3)C2=O)cc(I)c1OCc1ccc(Cl)cc1. The molecular weight excluding hydrogens is 631 g/mol. The molecule has 0 bridgehead atoms. The maximum absolute atomic E-state index is 13.7. The van der Waals surface area contributed by atoms with Gasteiger partial charge in [0, 0.05) is 11.1 Å². The molecule has 2 saturated carbocycles. The minimum absolute atomic E-state index is 0.0912. The average molecular weight is 665 g/mol. The summed E-state index contributed by atoms with van der Waals surface area (Å²) in [7, 11) is 1.65. The second-order valence-corrected chi connectivity index (χ2v) is 12.8. The molecule has 38 heavy (non-hydrogen) atoms. The molecule has 2 aliphatic carbocycles. The third kappa shape index (κ3) is 6.70. The monoisotopic (exact) mass is 664 g/mol. The zero-order chi connectivity index (χ0) is 26.5. The maximum atomic E-state index is 13.7. The van der Waals surface area contributed by atoms with E-state index >= 15 is 0 Å². The van der Waals surface area contributed by atoms with E-state index in [1.54, 1.807) is 18.9 Å². The Morgan fingerprint density at radius 1 is 1.05 bits per heavy atom. The minimum atomic E-state index is 0.0912. The van der Waals surface area contributed by atoms with Gasteiger partial charge in [-0.25, -0.2) is 0 Å². The smallest absolute Gasteiger partial charge is 0.266 e. The molecule has 5 rings (SSSR count). The van der Waals surface area contributed by atoms with Gasteiger partial charge in [0.2, 0.25) is 0 Å². The molecule has 3 fully saturated rings. The second-order valence-electron chi connectivity index (χ2n) is 10.2. The first kappa shape index (κ1) is 27.8. The summed E-state index contributed by atoms with van der Waals surface area (Å²) in [6, 6.07) is 12.2. The number of aliphatic imine (C=N–C) groups is 1. The Bertz CT molecular complexity index is 1200. The summed E-state index contributed by atoms with van der Waals surface area (Å²) in [6.07, 6.45) is 13.8. The Hall–Kier alpha value is -1.71. The highest BCUT2D eigenvalue weighted by atomic mass is 127. The van der Waals surface area contributed by atoms with Crippen LogP contribution in [-0.2, 0) is 11.4 Å². The first-order chi connectivity index (χ1) is 18.5. The van der Waals surface area contributed by atoms with Gasteiger partial charge in [0.15, 0.2) is 16.7 Å². The van der Waals surface area contributed by atoms with E-state index in [1.165, 1.54) is 38.5 Å². The van der Waals surface area contributed by atoms with Gasteiger partial charge in [-0.15, -0.1) is 0 Å². The third-order valence-electron chi connectivity index (χ3n) is 7.49. The lowest BCUT2D eigenvalue weighted by molar-refractivity contribution is -0.124. The van der Waals surface area contributed by atoms with Gasteiger partial charge in [-0.3, -0.25) is 14.7 Å². The van der Waals surface area contributed by atoms with Crippen LogP contribution in [0.25, 0.3) is 6.08 Å². The summed E-state index contributed by atoms with van der Waals surface area (Å²) >= 11 is 9.82. The normalized spacial score (nSPS) is 21.4. The Morgan fingerprint density at radius 3 is 2.42 bits per heavy atom. The van der Waals surface area contributed by atoms with Crippen LogP contribution in [0.3, 0.4) is 0 Å². The first-order valence-electron chi connectivity index (χ1n) is 13.6. The van der Waals surface area contributed by atoms with E-state index in [-0.39, 0.29) is 11.9 Å². The van der Waals surface area contributed by atoms with Crippen molar-refractivity contribution < 1.29 is 14.3 Å². The summed E-state index contributed by atoms with van der Waals surface area (Å²) < 4.78 is 12.8. The third-order valence-corrected chi connectivity index (χ3v) is 9.54. The number of halogens is 2. The lowest BCUT2D eigenvalue weighted by Gasteiger charge is -2.31. The average Bonchev–Trinajstić information content (AvgIpc) is 3.23. The largest absolute Gasteiger partial charge is 0.493 e. The van der Waals surface area contributed by atoms with Crippen LogP contribution in [0.2, 0.25) is 5.02 Å². The number of hydrogen-bond donors (Lipinski definition) is 0. The molecule has 202 valence electrons. The van der Waals surface area contributed by atoms with E-state index in [9.17, 15) is 4.79 Å². The van der Waals surface area contributed by atoms with Crippen molar-refractivity contribution in [1.29, 1.82) is 0 Å². The van der Waals surface area contributed by atoms with Gasteiger partial charge in [0.05, 0.1) is 21.6 Å². The number of nitrogens with zero attached hydrogens (tertiary/aromatic N) is 2. The van der Waals surface area contributed by atoms with E-state index < -0.39 is 0 Å². The van der Waals surface area contributed by atoms with Gasteiger partial charge in [-0.2, -0.15) is 0 Å². The van der Waals surface area contributed by atoms with E-state index in [0.29, 0.717) is 29.2 Å². The van der Waals surface area contributed by atoms with E-state index in [2.05, 4.69) is 22.6 Å². The standard InChI is InChI=1S/C30H34ClIN2O3S/c1-36-26-17-21(16-25(32)28(26)37-19-20-12-14-22(31)15-13-20)18-27-29(35)34(24-10-6-3-7-11-24)30(38-27)33-23-8-4-2-5-9-23/h12-18,23-24H,2-11,19H2,1H3. The van der Waals surface area contributed by atoms with Crippen LogP contribution in [0.4, 0.5) is 0 Å². The minimum Gasteiger partial charge on any atom is -0.493 e. The van der Waals surface area contributed by atoms with E-state index in [4.69, 9.17) is 26.1 Å². The molecule has 0 radical (unpaired) electrons. The van der Waals surface area contributed by atoms with Crippen molar-refractivity contribution in [3.8, 4) is 11.5 Å². The Balaban J connectivity index is 1.39. The fourth-order valence-corrected chi connectivity index (χ4v) is 7.47. The molecule has 1 aliphatic heterocycles. The van der Waals surface area contributed by atoms with E-state index in [0.717, 1.165) is 50.5 Å². The Labute approximate surface area is 248 Å². The predicted molar refractivity (Wildman–Crippen MR) is 165 cm³/mol.